The number of nitrogens with zero attached hydrogens (tertiary/aromatic N) is 1. The standard InChI is InChI=1S/C12H10INO2S/c13-12-4-3-11(14(15)16)7-10(12)2-1-9-5-6-17-8-9/h3-8H,1-2H2. The number of hydrogen-bond donors (Lipinski definition) is 0. The second kappa shape index (κ2) is 5.59. The molecule has 1 heterocycles. The Morgan fingerprint density at radius 2 is 2.12 bits per heavy atom. The summed E-state index contributed by atoms with van der Waals surface area (Å²) in [6.45, 7) is 0. The fourth-order valence-electron chi connectivity index (χ4n) is 1.58. The minimum atomic E-state index is -0.343. The molecule has 2 aromatic rings. The lowest BCUT2D eigenvalue weighted by Crippen LogP contribution is -1.96. The molecule has 0 spiro atoms. The normalized spacial score (nSPS) is 10.4. The van der Waals surface area contributed by atoms with Gasteiger partial charge in [-0.1, -0.05) is 0 Å². The molecular formula is C12H10INO2S. The maximum Gasteiger partial charge on any atom is 0.269 e. The Morgan fingerprint density at radius 1 is 1.29 bits per heavy atom. The van der Waals surface area contributed by atoms with Gasteiger partial charge in [0.2, 0.25) is 0 Å². The summed E-state index contributed by atoms with van der Waals surface area (Å²) in [5.41, 5.74) is 2.51. The van der Waals surface area contributed by atoms with Crippen LogP contribution in [0.3, 0.4) is 0 Å². The highest BCUT2D eigenvalue weighted by atomic mass is 127. The van der Waals surface area contributed by atoms with Crippen LogP contribution in [0.4, 0.5) is 5.69 Å². The first kappa shape index (κ1) is 12.5. The summed E-state index contributed by atoms with van der Waals surface area (Å²) < 4.78 is 1.09. The number of nitro benzene ring substituents is 1. The first-order valence-corrected chi connectivity index (χ1v) is 7.13. The fourth-order valence-corrected chi connectivity index (χ4v) is 2.89. The SMILES string of the molecule is O=[N+]([O-])c1ccc(I)c(CCc2ccsc2)c1. The van der Waals surface area contributed by atoms with E-state index >= 15 is 0 Å². The average molecular weight is 359 g/mol. The zero-order chi connectivity index (χ0) is 12.3. The number of benzene rings is 1. The van der Waals surface area contributed by atoms with Gasteiger partial charge in [0.25, 0.3) is 5.69 Å². The van der Waals surface area contributed by atoms with Crippen molar-refractivity contribution in [2.75, 3.05) is 0 Å². The van der Waals surface area contributed by atoms with Gasteiger partial charge >= 0.3 is 0 Å². The average Bonchev–Trinajstić information content (AvgIpc) is 2.80. The molecule has 0 saturated carbocycles. The first-order chi connectivity index (χ1) is 8.16. The van der Waals surface area contributed by atoms with Gasteiger partial charge in [0.15, 0.2) is 0 Å². The monoisotopic (exact) mass is 359 g/mol. The number of nitro groups is 1. The zero-order valence-electron chi connectivity index (χ0n) is 8.93. The van der Waals surface area contributed by atoms with Crippen molar-refractivity contribution in [3.63, 3.8) is 0 Å². The van der Waals surface area contributed by atoms with Gasteiger partial charge in [-0.05, 0) is 69.5 Å². The summed E-state index contributed by atoms with van der Waals surface area (Å²) in [6.07, 6.45) is 1.78. The lowest BCUT2D eigenvalue weighted by atomic mass is 10.1. The summed E-state index contributed by atoms with van der Waals surface area (Å²) in [5.74, 6) is 0. The first-order valence-electron chi connectivity index (χ1n) is 5.10. The van der Waals surface area contributed by atoms with Crippen molar-refractivity contribution in [3.05, 3.63) is 59.8 Å². The van der Waals surface area contributed by atoms with Crippen LogP contribution in [0.5, 0.6) is 0 Å². The molecule has 2 rings (SSSR count). The number of aryl methyl sites for hydroxylation is 2. The summed E-state index contributed by atoms with van der Waals surface area (Å²) in [5, 5.41) is 14.9. The van der Waals surface area contributed by atoms with Gasteiger partial charge in [0.1, 0.15) is 0 Å². The predicted molar refractivity (Wildman–Crippen MR) is 77.5 cm³/mol. The van der Waals surface area contributed by atoms with Crippen molar-refractivity contribution in [1.29, 1.82) is 0 Å². The molecule has 1 aromatic carbocycles. The van der Waals surface area contributed by atoms with Crippen molar-refractivity contribution in [2.45, 2.75) is 12.8 Å². The molecule has 1 aromatic heterocycles. The molecule has 0 unspecified atom stereocenters. The molecule has 0 amide bonds. The van der Waals surface area contributed by atoms with E-state index in [0.29, 0.717) is 0 Å². The van der Waals surface area contributed by atoms with Crippen molar-refractivity contribution in [1.82, 2.24) is 0 Å². The molecule has 0 aliphatic carbocycles. The van der Waals surface area contributed by atoms with E-state index in [-0.39, 0.29) is 10.6 Å². The van der Waals surface area contributed by atoms with Gasteiger partial charge in [-0.15, -0.1) is 0 Å². The second-order valence-corrected chi connectivity index (χ2v) is 5.61. The Morgan fingerprint density at radius 3 is 2.76 bits per heavy atom. The van der Waals surface area contributed by atoms with Crippen molar-refractivity contribution >= 4 is 39.6 Å². The van der Waals surface area contributed by atoms with Crippen LogP contribution in [0.25, 0.3) is 0 Å². The van der Waals surface area contributed by atoms with Crippen molar-refractivity contribution in [2.24, 2.45) is 0 Å². The Labute approximate surface area is 117 Å². The third-order valence-electron chi connectivity index (χ3n) is 2.50. The van der Waals surface area contributed by atoms with Gasteiger partial charge < -0.3 is 0 Å². The Bertz CT molecular complexity index is 525. The Kier molecular flexibility index (Phi) is 4.11. The molecule has 5 heteroatoms. The van der Waals surface area contributed by atoms with E-state index in [1.807, 2.05) is 11.4 Å². The summed E-state index contributed by atoms with van der Waals surface area (Å²) in [7, 11) is 0. The summed E-state index contributed by atoms with van der Waals surface area (Å²) >= 11 is 3.90. The number of rotatable bonds is 4. The molecule has 0 bridgehead atoms. The highest BCUT2D eigenvalue weighted by Crippen LogP contribution is 2.21. The van der Waals surface area contributed by atoms with Gasteiger partial charge in [0.05, 0.1) is 4.92 Å². The van der Waals surface area contributed by atoms with Crippen molar-refractivity contribution in [3.8, 4) is 0 Å². The van der Waals surface area contributed by atoms with Crippen LogP contribution < -0.4 is 0 Å². The molecule has 0 atom stereocenters. The highest BCUT2D eigenvalue weighted by Gasteiger charge is 2.09. The lowest BCUT2D eigenvalue weighted by Gasteiger charge is -2.03. The molecule has 0 N–H and O–H groups in total. The van der Waals surface area contributed by atoms with Gasteiger partial charge in [-0.2, -0.15) is 11.3 Å². The van der Waals surface area contributed by atoms with E-state index in [9.17, 15) is 10.1 Å². The van der Waals surface area contributed by atoms with E-state index < -0.39 is 0 Å². The van der Waals surface area contributed by atoms with Crippen LogP contribution in [0, 0.1) is 13.7 Å². The molecule has 17 heavy (non-hydrogen) atoms. The molecule has 3 nitrogen and oxygen atoms in total. The number of non-ortho nitro benzene ring substituents is 1. The van der Waals surface area contributed by atoms with E-state index in [2.05, 4.69) is 34.0 Å². The van der Waals surface area contributed by atoms with E-state index in [4.69, 9.17) is 0 Å². The highest BCUT2D eigenvalue weighted by molar-refractivity contribution is 14.1. The van der Waals surface area contributed by atoms with Crippen LogP contribution in [0.1, 0.15) is 11.1 Å². The minimum Gasteiger partial charge on any atom is -0.258 e. The number of thiophene rings is 1. The molecule has 0 saturated heterocycles. The number of hydrogen-bond acceptors (Lipinski definition) is 3. The lowest BCUT2D eigenvalue weighted by molar-refractivity contribution is -0.384. The maximum atomic E-state index is 10.7. The molecule has 0 fully saturated rings. The van der Waals surface area contributed by atoms with Gasteiger partial charge in [0, 0.05) is 15.7 Å². The molecule has 0 aliphatic heterocycles. The molecule has 88 valence electrons. The van der Waals surface area contributed by atoms with Crippen LogP contribution in [-0.2, 0) is 12.8 Å². The van der Waals surface area contributed by atoms with Crippen LogP contribution in [-0.4, -0.2) is 4.92 Å². The smallest absolute Gasteiger partial charge is 0.258 e. The molecule has 0 radical (unpaired) electrons. The second-order valence-electron chi connectivity index (χ2n) is 3.66. The fraction of sp³-hybridized carbons (Fsp3) is 0.167. The minimum absolute atomic E-state index is 0.172. The summed E-state index contributed by atoms with van der Waals surface area (Å²) in [6, 6.07) is 7.13. The Balaban J connectivity index is 2.14. The van der Waals surface area contributed by atoms with E-state index in [1.54, 1.807) is 23.5 Å². The van der Waals surface area contributed by atoms with Crippen molar-refractivity contribution < 1.29 is 4.92 Å². The van der Waals surface area contributed by atoms with Gasteiger partial charge in [-0.25, -0.2) is 0 Å². The number of halogens is 1. The largest absolute Gasteiger partial charge is 0.269 e. The topological polar surface area (TPSA) is 43.1 Å². The van der Waals surface area contributed by atoms with Gasteiger partial charge in [-0.3, -0.25) is 10.1 Å². The summed E-state index contributed by atoms with van der Waals surface area (Å²) in [4.78, 5) is 10.4. The predicted octanol–water partition coefficient (Wildman–Crippen LogP) is 4.05. The van der Waals surface area contributed by atoms with Crippen LogP contribution in [0.15, 0.2) is 35.0 Å². The molecule has 0 aliphatic rings. The van der Waals surface area contributed by atoms with Crippen LogP contribution >= 0.6 is 33.9 Å². The zero-order valence-corrected chi connectivity index (χ0v) is 11.9. The quantitative estimate of drug-likeness (QED) is 0.470. The molecular weight excluding hydrogens is 349 g/mol. The third-order valence-corrected chi connectivity index (χ3v) is 4.29. The van der Waals surface area contributed by atoms with E-state index in [1.165, 1.54) is 5.56 Å². The maximum absolute atomic E-state index is 10.7. The van der Waals surface area contributed by atoms with E-state index in [0.717, 1.165) is 22.0 Å². The third kappa shape index (κ3) is 3.26. The van der Waals surface area contributed by atoms with Crippen LogP contribution in [0.2, 0.25) is 0 Å². The Hall–Kier alpha value is -0.950.